The molecule has 1 aromatic carbocycles. The predicted molar refractivity (Wildman–Crippen MR) is 82.6 cm³/mol. The largest absolute Gasteiger partial charge is 0.457 e. The minimum absolute atomic E-state index is 0.184. The Morgan fingerprint density at radius 1 is 1.27 bits per heavy atom. The lowest BCUT2D eigenvalue weighted by molar-refractivity contribution is -0.116. The lowest BCUT2D eigenvalue weighted by Crippen LogP contribution is -2.22. The van der Waals surface area contributed by atoms with Gasteiger partial charge < -0.3 is 14.5 Å². The van der Waals surface area contributed by atoms with Gasteiger partial charge in [-0.05, 0) is 48.9 Å². The van der Waals surface area contributed by atoms with Crippen LogP contribution in [0.1, 0.15) is 12.2 Å². The van der Waals surface area contributed by atoms with E-state index >= 15 is 0 Å². The number of carbonyl (C=O) groups is 1. The number of halogens is 1. The van der Waals surface area contributed by atoms with E-state index in [2.05, 4.69) is 5.32 Å². The molecule has 0 aliphatic carbocycles. The number of benzene rings is 1. The highest BCUT2D eigenvalue weighted by Gasteiger charge is 2.03. The first-order chi connectivity index (χ1) is 10.7. The van der Waals surface area contributed by atoms with Crippen molar-refractivity contribution in [2.45, 2.75) is 6.42 Å². The van der Waals surface area contributed by atoms with Crippen LogP contribution in [-0.4, -0.2) is 26.2 Å². The van der Waals surface area contributed by atoms with Crippen molar-refractivity contribution >= 4 is 12.0 Å². The van der Waals surface area contributed by atoms with Crippen molar-refractivity contribution in [3.63, 3.8) is 0 Å². The number of carbonyl (C=O) groups excluding carboxylic acids is 1. The topological polar surface area (TPSA) is 51.5 Å². The standard InChI is InChI=1S/C17H18FNO3/c1-21-12-2-11-19-17(20)10-8-15-7-9-16(22-15)13-3-5-14(18)6-4-13/h3-10H,2,11-12H2,1H3,(H,19,20). The molecule has 1 amide bonds. The highest BCUT2D eigenvalue weighted by Crippen LogP contribution is 2.22. The molecular formula is C17H18FNO3. The summed E-state index contributed by atoms with van der Waals surface area (Å²) >= 11 is 0. The van der Waals surface area contributed by atoms with Crippen LogP contribution in [-0.2, 0) is 9.53 Å². The molecule has 0 aliphatic rings. The third-order valence-electron chi connectivity index (χ3n) is 2.98. The average molecular weight is 303 g/mol. The van der Waals surface area contributed by atoms with E-state index in [1.54, 1.807) is 37.5 Å². The molecule has 1 N–H and O–H groups in total. The molecule has 0 aliphatic heterocycles. The monoisotopic (exact) mass is 303 g/mol. The first-order valence-electron chi connectivity index (χ1n) is 6.99. The number of amides is 1. The second-order valence-corrected chi connectivity index (χ2v) is 4.68. The average Bonchev–Trinajstić information content (AvgIpc) is 2.99. The minimum atomic E-state index is -0.291. The van der Waals surface area contributed by atoms with Gasteiger partial charge >= 0.3 is 0 Å². The van der Waals surface area contributed by atoms with Gasteiger partial charge in [-0.2, -0.15) is 0 Å². The molecule has 0 spiro atoms. The number of methoxy groups -OCH3 is 1. The van der Waals surface area contributed by atoms with E-state index < -0.39 is 0 Å². The van der Waals surface area contributed by atoms with Crippen LogP contribution in [0.15, 0.2) is 46.9 Å². The van der Waals surface area contributed by atoms with Gasteiger partial charge in [0.05, 0.1) is 0 Å². The molecule has 0 unspecified atom stereocenters. The number of hydrogen-bond donors (Lipinski definition) is 1. The van der Waals surface area contributed by atoms with Gasteiger partial charge in [0, 0.05) is 31.9 Å². The fourth-order valence-electron chi connectivity index (χ4n) is 1.86. The van der Waals surface area contributed by atoms with Gasteiger partial charge in [-0.3, -0.25) is 4.79 Å². The SMILES string of the molecule is COCCCNC(=O)C=Cc1ccc(-c2ccc(F)cc2)o1. The van der Waals surface area contributed by atoms with E-state index in [4.69, 9.17) is 9.15 Å². The number of hydrogen-bond acceptors (Lipinski definition) is 3. The fourth-order valence-corrected chi connectivity index (χ4v) is 1.86. The van der Waals surface area contributed by atoms with E-state index in [9.17, 15) is 9.18 Å². The molecule has 2 aromatic rings. The maximum atomic E-state index is 12.9. The second-order valence-electron chi connectivity index (χ2n) is 4.68. The van der Waals surface area contributed by atoms with Gasteiger partial charge in [0.25, 0.3) is 0 Å². The van der Waals surface area contributed by atoms with Crippen molar-refractivity contribution < 1.29 is 18.3 Å². The lowest BCUT2D eigenvalue weighted by atomic mass is 10.2. The Kier molecular flexibility index (Phi) is 5.91. The molecule has 2 rings (SSSR count). The number of ether oxygens (including phenoxy) is 1. The summed E-state index contributed by atoms with van der Waals surface area (Å²) in [5, 5.41) is 2.74. The van der Waals surface area contributed by atoms with Crippen molar-refractivity contribution in [3.05, 3.63) is 54.1 Å². The molecule has 0 atom stereocenters. The van der Waals surface area contributed by atoms with Crippen molar-refractivity contribution in [1.82, 2.24) is 5.32 Å². The Balaban J connectivity index is 1.90. The van der Waals surface area contributed by atoms with Crippen LogP contribution in [0.5, 0.6) is 0 Å². The van der Waals surface area contributed by atoms with E-state index in [0.717, 1.165) is 12.0 Å². The molecule has 22 heavy (non-hydrogen) atoms. The molecule has 5 heteroatoms. The molecule has 1 aromatic heterocycles. The number of nitrogens with one attached hydrogen (secondary N) is 1. The Bertz CT molecular complexity index is 632. The summed E-state index contributed by atoms with van der Waals surface area (Å²) in [5.41, 5.74) is 0.782. The van der Waals surface area contributed by atoms with E-state index in [-0.39, 0.29) is 11.7 Å². The van der Waals surface area contributed by atoms with Gasteiger partial charge in [-0.25, -0.2) is 4.39 Å². The molecule has 0 saturated heterocycles. The lowest BCUT2D eigenvalue weighted by Gasteiger charge is -2.00. The first-order valence-corrected chi connectivity index (χ1v) is 6.99. The molecule has 116 valence electrons. The first kappa shape index (κ1) is 16.0. The summed E-state index contributed by atoms with van der Waals surface area (Å²) < 4.78 is 23.4. The quantitative estimate of drug-likeness (QED) is 0.631. The maximum absolute atomic E-state index is 12.9. The van der Waals surface area contributed by atoms with Crippen LogP contribution in [0.4, 0.5) is 4.39 Å². The molecule has 1 heterocycles. The number of rotatable bonds is 7. The Morgan fingerprint density at radius 2 is 2.05 bits per heavy atom. The van der Waals surface area contributed by atoms with Crippen LogP contribution in [0.25, 0.3) is 17.4 Å². The maximum Gasteiger partial charge on any atom is 0.244 e. The third kappa shape index (κ3) is 4.86. The summed E-state index contributed by atoms with van der Waals surface area (Å²) in [6.07, 6.45) is 3.78. The highest BCUT2D eigenvalue weighted by molar-refractivity contribution is 5.91. The van der Waals surface area contributed by atoms with Gasteiger partial charge in [0.15, 0.2) is 0 Å². The van der Waals surface area contributed by atoms with Gasteiger partial charge in [-0.15, -0.1) is 0 Å². The van der Waals surface area contributed by atoms with Crippen molar-refractivity contribution in [2.24, 2.45) is 0 Å². The highest BCUT2D eigenvalue weighted by atomic mass is 19.1. The summed E-state index contributed by atoms with van der Waals surface area (Å²) in [5.74, 6) is 0.711. The summed E-state index contributed by atoms with van der Waals surface area (Å²) in [4.78, 5) is 11.6. The third-order valence-corrected chi connectivity index (χ3v) is 2.98. The van der Waals surface area contributed by atoms with Crippen LogP contribution in [0.3, 0.4) is 0 Å². The van der Waals surface area contributed by atoms with E-state index in [1.807, 2.05) is 0 Å². The van der Waals surface area contributed by atoms with Crippen LogP contribution in [0, 0.1) is 5.82 Å². The van der Waals surface area contributed by atoms with Crippen molar-refractivity contribution in [2.75, 3.05) is 20.3 Å². The fraction of sp³-hybridized carbons (Fsp3) is 0.235. The zero-order chi connectivity index (χ0) is 15.8. The molecule has 0 fully saturated rings. The zero-order valence-electron chi connectivity index (χ0n) is 12.3. The molecule has 0 radical (unpaired) electrons. The smallest absolute Gasteiger partial charge is 0.244 e. The second kappa shape index (κ2) is 8.14. The van der Waals surface area contributed by atoms with Crippen molar-refractivity contribution in [3.8, 4) is 11.3 Å². The predicted octanol–water partition coefficient (Wildman–Crippen LogP) is 3.25. The molecule has 0 saturated carbocycles. The Morgan fingerprint density at radius 3 is 2.77 bits per heavy atom. The molecule has 4 nitrogen and oxygen atoms in total. The minimum Gasteiger partial charge on any atom is -0.457 e. The molecule has 0 bridgehead atoms. The summed E-state index contributed by atoms with van der Waals surface area (Å²) in [7, 11) is 1.62. The summed E-state index contributed by atoms with van der Waals surface area (Å²) in [6.45, 7) is 1.18. The van der Waals surface area contributed by atoms with E-state index in [1.165, 1.54) is 18.2 Å². The van der Waals surface area contributed by atoms with Gasteiger partial charge in [-0.1, -0.05) is 0 Å². The van der Waals surface area contributed by atoms with Crippen LogP contribution in [0.2, 0.25) is 0 Å². The number of furan rings is 1. The Hall–Kier alpha value is -2.40. The summed E-state index contributed by atoms with van der Waals surface area (Å²) in [6, 6.07) is 9.58. The van der Waals surface area contributed by atoms with Gasteiger partial charge in [0.1, 0.15) is 17.3 Å². The normalized spacial score (nSPS) is 11.0. The van der Waals surface area contributed by atoms with Crippen LogP contribution >= 0.6 is 0 Å². The van der Waals surface area contributed by atoms with E-state index in [0.29, 0.717) is 24.7 Å². The van der Waals surface area contributed by atoms with Crippen LogP contribution < -0.4 is 5.32 Å². The Labute approximate surface area is 128 Å². The van der Waals surface area contributed by atoms with Gasteiger partial charge in [0.2, 0.25) is 5.91 Å². The zero-order valence-corrected chi connectivity index (χ0v) is 12.3. The van der Waals surface area contributed by atoms with Crippen molar-refractivity contribution in [1.29, 1.82) is 0 Å². The molecular weight excluding hydrogens is 285 g/mol.